The topological polar surface area (TPSA) is 29.5 Å². The molecule has 0 bridgehead atoms. The zero-order valence-corrected chi connectivity index (χ0v) is 12.1. The van der Waals surface area contributed by atoms with Crippen molar-refractivity contribution in [3.8, 4) is 5.75 Å². The van der Waals surface area contributed by atoms with Crippen LogP contribution >= 0.6 is 0 Å². The molecule has 0 aromatic heterocycles. The van der Waals surface area contributed by atoms with Crippen LogP contribution in [0.5, 0.6) is 5.75 Å². The van der Waals surface area contributed by atoms with E-state index in [9.17, 15) is 5.11 Å². The van der Waals surface area contributed by atoms with Crippen molar-refractivity contribution >= 4 is 0 Å². The third-order valence-corrected chi connectivity index (χ3v) is 4.19. The average molecular weight is 248 g/mol. The van der Waals surface area contributed by atoms with Crippen LogP contribution in [-0.4, -0.2) is 12.2 Å². The van der Waals surface area contributed by atoms with Crippen molar-refractivity contribution in [2.75, 3.05) is 7.11 Å². The third-order valence-electron chi connectivity index (χ3n) is 4.19. The number of aryl methyl sites for hydroxylation is 2. The zero-order valence-electron chi connectivity index (χ0n) is 12.1. The quantitative estimate of drug-likeness (QED) is 0.768. The van der Waals surface area contributed by atoms with E-state index in [-0.39, 0.29) is 11.5 Å². The molecular weight excluding hydrogens is 224 g/mol. The number of fused-ring (bicyclic) bond motifs is 1. The van der Waals surface area contributed by atoms with Gasteiger partial charge in [0, 0.05) is 0 Å². The lowest BCUT2D eigenvalue weighted by molar-refractivity contribution is 0.116. The lowest BCUT2D eigenvalue weighted by Gasteiger charge is -2.24. The summed E-state index contributed by atoms with van der Waals surface area (Å²) >= 11 is 0. The van der Waals surface area contributed by atoms with E-state index in [1.54, 1.807) is 7.11 Å². The molecule has 0 aliphatic heterocycles. The molecule has 2 rings (SSSR count). The summed E-state index contributed by atoms with van der Waals surface area (Å²) in [4.78, 5) is 0. The van der Waals surface area contributed by atoms with Crippen molar-refractivity contribution in [1.82, 2.24) is 0 Å². The fraction of sp³-hybridized carbons (Fsp3) is 0.625. The summed E-state index contributed by atoms with van der Waals surface area (Å²) in [5.41, 5.74) is 4.87. The van der Waals surface area contributed by atoms with Crippen LogP contribution in [-0.2, 0) is 6.42 Å². The molecule has 1 unspecified atom stereocenters. The second kappa shape index (κ2) is 4.58. The first kappa shape index (κ1) is 13.4. The molecule has 0 amide bonds. The highest BCUT2D eigenvalue weighted by atomic mass is 16.5. The van der Waals surface area contributed by atoms with E-state index in [0.29, 0.717) is 0 Å². The SMILES string of the molecule is COc1c(C)cc2c(c1C)C(O)CC(C)(C)CC2. The number of ether oxygens (including phenoxy) is 1. The second-order valence-electron chi connectivity index (χ2n) is 6.31. The van der Waals surface area contributed by atoms with Gasteiger partial charge in [-0.3, -0.25) is 0 Å². The molecule has 18 heavy (non-hydrogen) atoms. The van der Waals surface area contributed by atoms with Crippen molar-refractivity contribution in [3.63, 3.8) is 0 Å². The molecule has 0 spiro atoms. The third kappa shape index (κ3) is 2.26. The number of rotatable bonds is 1. The van der Waals surface area contributed by atoms with Crippen LogP contribution in [0.15, 0.2) is 6.07 Å². The predicted octanol–water partition coefficient (Wildman–Crippen LogP) is 3.71. The predicted molar refractivity (Wildman–Crippen MR) is 74.1 cm³/mol. The van der Waals surface area contributed by atoms with Crippen LogP contribution < -0.4 is 4.74 Å². The molecule has 2 heteroatoms. The van der Waals surface area contributed by atoms with Crippen molar-refractivity contribution in [3.05, 3.63) is 28.3 Å². The largest absolute Gasteiger partial charge is 0.496 e. The maximum absolute atomic E-state index is 10.5. The lowest BCUT2D eigenvalue weighted by atomic mass is 9.83. The minimum atomic E-state index is -0.369. The van der Waals surface area contributed by atoms with Gasteiger partial charge in [-0.15, -0.1) is 0 Å². The van der Waals surface area contributed by atoms with Crippen LogP contribution in [0.3, 0.4) is 0 Å². The Morgan fingerprint density at radius 1 is 1.33 bits per heavy atom. The summed E-state index contributed by atoms with van der Waals surface area (Å²) in [6.07, 6.45) is 2.63. The Bertz CT molecular complexity index is 461. The number of hydrogen-bond donors (Lipinski definition) is 1. The maximum Gasteiger partial charge on any atom is 0.125 e. The highest BCUT2D eigenvalue weighted by Gasteiger charge is 2.30. The van der Waals surface area contributed by atoms with E-state index in [1.807, 2.05) is 0 Å². The molecule has 0 saturated heterocycles. The summed E-state index contributed by atoms with van der Waals surface area (Å²) in [6, 6.07) is 2.19. The first-order chi connectivity index (χ1) is 8.35. The number of benzene rings is 1. The highest BCUT2D eigenvalue weighted by molar-refractivity contribution is 5.51. The number of hydrogen-bond acceptors (Lipinski definition) is 2. The monoisotopic (exact) mass is 248 g/mol. The minimum Gasteiger partial charge on any atom is -0.496 e. The van der Waals surface area contributed by atoms with Gasteiger partial charge in [0.2, 0.25) is 0 Å². The maximum atomic E-state index is 10.5. The van der Waals surface area contributed by atoms with Crippen molar-refractivity contribution in [1.29, 1.82) is 0 Å². The molecule has 1 aliphatic rings. The minimum absolute atomic E-state index is 0.200. The van der Waals surface area contributed by atoms with Gasteiger partial charge in [0.05, 0.1) is 13.2 Å². The van der Waals surface area contributed by atoms with Gasteiger partial charge in [-0.1, -0.05) is 19.9 Å². The number of aliphatic hydroxyl groups is 1. The van der Waals surface area contributed by atoms with Gasteiger partial charge >= 0.3 is 0 Å². The molecule has 1 aromatic carbocycles. The van der Waals surface area contributed by atoms with Crippen LogP contribution in [0.25, 0.3) is 0 Å². The molecule has 0 saturated carbocycles. The Morgan fingerprint density at radius 3 is 2.61 bits per heavy atom. The van der Waals surface area contributed by atoms with Crippen LogP contribution in [0.1, 0.15) is 55.0 Å². The highest BCUT2D eigenvalue weighted by Crippen LogP contribution is 2.43. The molecule has 2 nitrogen and oxygen atoms in total. The molecule has 1 aromatic rings. The van der Waals surface area contributed by atoms with Gasteiger partial charge in [-0.05, 0) is 60.8 Å². The van der Waals surface area contributed by atoms with Gasteiger partial charge in [-0.25, -0.2) is 0 Å². The summed E-state index contributed by atoms with van der Waals surface area (Å²) in [7, 11) is 1.70. The number of aliphatic hydroxyl groups excluding tert-OH is 1. The molecule has 0 fully saturated rings. The van der Waals surface area contributed by atoms with E-state index in [0.717, 1.165) is 36.1 Å². The van der Waals surface area contributed by atoms with Crippen LogP contribution in [0.2, 0.25) is 0 Å². The molecule has 1 atom stereocenters. The summed E-state index contributed by atoms with van der Waals surface area (Å²) in [5.74, 6) is 0.924. The fourth-order valence-electron chi connectivity index (χ4n) is 3.25. The smallest absolute Gasteiger partial charge is 0.125 e. The van der Waals surface area contributed by atoms with Crippen LogP contribution in [0, 0.1) is 19.3 Å². The molecule has 0 heterocycles. The van der Waals surface area contributed by atoms with Gasteiger partial charge < -0.3 is 9.84 Å². The molecular formula is C16H24O2. The standard InChI is InChI=1S/C16H24O2/c1-10-8-12-6-7-16(3,4)9-13(17)14(12)11(2)15(10)18-5/h8,13,17H,6-7,9H2,1-5H3. The molecule has 1 aliphatic carbocycles. The van der Waals surface area contributed by atoms with E-state index < -0.39 is 0 Å². The normalized spacial score (nSPS) is 22.2. The second-order valence-corrected chi connectivity index (χ2v) is 6.31. The van der Waals surface area contributed by atoms with Gasteiger partial charge in [-0.2, -0.15) is 0 Å². The van der Waals surface area contributed by atoms with Gasteiger partial charge in [0.15, 0.2) is 0 Å². The van der Waals surface area contributed by atoms with Crippen molar-refractivity contribution in [2.24, 2.45) is 5.41 Å². The fourth-order valence-corrected chi connectivity index (χ4v) is 3.25. The summed E-state index contributed by atoms with van der Waals surface area (Å²) in [5, 5.41) is 10.5. The average Bonchev–Trinajstić information content (AvgIpc) is 2.35. The van der Waals surface area contributed by atoms with Crippen LogP contribution in [0.4, 0.5) is 0 Å². The first-order valence-corrected chi connectivity index (χ1v) is 6.71. The van der Waals surface area contributed by atoms with Gasteiger partial charge in [0.25, 0.3) is 0 Å². The summed E-state index contributed by atoms with van der Waals surface area (Å²) in [6.45, 7) is 8.61. The van der Waals surface area contributed by atoms with E-state index in [2.05, 4.69) is 33.8 Å². The molecule has 0 radical (unpaired) electrons. The molecule has 1 N–H and O–H groups in total. The van der Waals surface area contributed by atoms with E-state index >= 15 is 0 Å². The first-order valence-electron chi connectivity index (χ1n) is 6.71. The molecule has 100 valence electrons. The Balaban J connectivity index is 2.56. The van der Waals surface area contributed by atoms with E-state index in [4.69, 9.17) is 4.74 Å². The Morgan fingerprint density at radius 2 is 2.00 bits per heavy atom. The Labute approximate surface area is 110 Å². The Kier molecular flexibility index (Phi) is 3.41. The van der Waals surface area contributed by atoms with Crippen molar-refractivity contribution < 1.29 is 9.84 Å². The van der Waals surface area contributed by atoms with Gasteiger partial charge in [0.1, 0.15) is 5.75 Å². The number of methoxy groups -OCH3 is 1. The summed E-state index contributed by atoms with van der Waals surface area (Å²) < 4.78 is 5.47. The van der Waals surface area contributed by atoms with E-state index in [1.165, 1.54) is 11.1 Å². The van der Waals surface area contributed by atoms with Crippen molar-refractivity contribution in [2.45, 2.75) is 53.1 Å². The lowest BCUT2D eigenvalue weighted by Crippen LogP contribution is -2.14. The Hall–Kier alpha value is -1.02. The zero-order chi connectivity index (χ0) is 13.5.